The Morgan fingerprint density at radius 3 is 1.69 bits per heavy atom. The van der Waals surface area contributed by atoms with Crippen molar-refractivity contribution in [3.8, 4) is 0 Å². The Kier molecular flexibility index (Phi) is 11.1. The van der Waals surface area contributed by atoms with Crippen LogP contribution >= 0.6 is 0 Å². The van der Waals surface area contributed by atoms with E-state index in [1.54, 1.807) is 32.1 Å². The van der Waals surface area contributed by atoms with Gasteiger partial charge in [0.1, 0.15) is 5.60 Å². The zero-order valence-corrected chi connectivity index (χ0v) is 22.1. The molecule has 0 radical (unpaired) electrons. The van der Waals surface area contributed by atoms with Crippen molar-refractivity contribution < 1.29 is 25.2 Å². The number of carboxylic acid groups (broad SMARTS) is 1. The minimum atomic E-state index is -1.45. The second-order valence-electron chi connectivity index (χ2n) is 10.3. The zero-order chi connectivity index (χ0) is 26.9. The van der Waals surface area contributed by atoms with Crippen LogP contribution < -0.4 is 0 Å². The SMILES string of the molecule is CC(/C=C/C=C(C)/C=C/C1(O)C(C)(C)CC(O)CC1(C)O)=C\C=C\C=C(C)\C=C\C=C(/C)C(=O)O. The van der Waals surface area contributed by atoms with Crippen molar-refractivity contribution in [1.82, 2.24) is 0 Å². The molecular formula is C30H42O5. The number of hydrogen-bond acceptors (Lipinski definition) is 4. The van der Waals surface area contributed by atoms with E-state index in [2.05, 4.69) is 0 Å². The molecule has 5 nitrogen and oxygen atoms in total. The van der Waals surface area contributed by atoms with E-state index in [0.29, 0.717) is 6.42 Å². The van der Waals surface area contributed by atoms with E-state index in [4.69, 9.17) is 5.11 Å². The first-order valence-electron chi connectivity index (χ1n) is 11.9. The zero-order valence-electron chi connectivity index (χ0n) is 22.1. The van der Waals surface area contributed by atoms with Gasteiger partial charge in [0.05, 0.1) is 11.7 Å². The van der Waals surface area contributed by atoms with E-state index in [1.165, 1.54) is 0 Å². The molecule has 5 heteroatoms. The lowest BCUT2D eigenvalue weighted by atomic mass is 9.57. The molecule has 3 atom stereocenters. The number of aliphatic hydroxyl groups excluding tert-OH is 1. The van der Waals surface area contributed by atoms with Crippen LogP contribution in [0, 0.1) is 5.41 Å². The van der Waals surface area contributed by atoms with Crippen LogP contribution in [0.3, 0.4) is 0 Å². The number of carbonyl (C=O) groups is 1. The van der Waals surface area contributed by atoms with Gasteiger partial charge in [-0.25, -0.2) is 4.79 Å². The van der Waals surface area contributed by atoms with Crippen LogP contribution in [0.25, 0.3) is 0 Å². The molecule has 1 rings (SSSR count). The van der Waals surface area contributed by atoms with Gasteiger partial charge in [-0.15, -0.1) is 0 Å². The molecule has 4 N–H and O–H groups in total. The molecule has 0 heterocycles. The Morgan fingerprint density at radius 1 is 0.743 bits per heavy atom. The van der Waals surface area contributed by atoms with Crippen molar-refractivity contribution in [3.05, 3.63) is 95.2 Å². The summed E-state index contributed by atoms with van der Waals surface area (Å²) in [5.41, 5.74) is -0.292. The van der Waals surface area contributed by atoms with Crippen molar-refractivity contribution in [1.29, 1.82) is 0 Å². The van der Waals surface area contributed by atoms with Crippen molar-refractivity contribution >= 4 is 5.97 Å². The molecule has 1 fully saturated rings. The quantitative estimate of drug-likeness (QED) is 0.248. The summed E-state index contributed by atoms with van der Waals surface area (Å²) in [7, 11) is 0. The summed E-state index contributed by atoms with van der Waals surface area (Å²) in [6.07, 6.45) is 22.1. The molecule has 0 spiro atoms. The minimum absolute atomic E-state index is 0.129. The van der Waals surface area contributed by atoms with Gasteiger partial charge in [0, 0.05) is 17.4 Å². The maximum absolute atomic E-state index is 11.3. The molecule has 0 aromatic rings. The first-order chi connectivity index (χ1) is 16.1. The molecule has 3 unspecified atom stereocenters. The van der Waals surface area contributed by atoms with Gasteiger partial charge in [-0.1, -0.05) is 97.4 Å². The predicted octanol–water partition coefficient (Wildman–Crippen LogP) is 5.74. The number of rotatable bonds is 9. The Morgan fingerprint density at radius 2 is 1.20 bits per heavy atom. The highest BCUT2D eigenvalue weighted by molar-refractivity contribution is 5.86. The molecule has 192 valence electrons. The van der Waals surface area contributed by atoms with E-state index >= 15 is 0 Å². The van der Waals surface area contributed by atoms with Crippen molar-refractivity contribution in [2.24, 2.45) is 5.41 Å². The lowest BCUT2D eigenvalue weighted by Crippen LogP contribution is -2.65. The highest BCUT2D eigenvalue weighted by Gasteiger charge is 2.58. The van der Waals surface area contributed by atoms with E-state index in [0.717, 1.165) is 16.7 Å². The molecule has 35 heavy (non-hydrogen) atoms. The van der Waals surface area contributed by atoms with E-state index in [-0.39, 0.29) is 12.0 Å². The fourth-order valence-electron chi connectivity index (χ4n) is 4.17. The normalized spacial score (nSPS) is 29.3. The maximum Gasteiger partial charge on any atom is 0.331 e. The molecule has 1 saturated carbocycles. The Hall–Kier alpha value is -2.73. The van der Waals surface area contributed by atoms with Crippen molar-refractivity contribution in [2.45, 2.75) is 78.6 Å². The summed E-state index contributed by atoms with van der Waals surface area (Å²) in [5, 5.41) is 41.1. The average Bonchev–Trinajstić information content (AvgIpc) is 2.72. The lowest BCUT2D eigenvalue weighted by molar-refractivity contribution is -0.216. The standard InChI is InChI=1S/C30H42O5/c1-22(12-8-9-13-23(2)16-11-17-25(4)27(32)33)14-10-15-24(3)18-19-30(35)28(5,6)20-26(31)21-29(30,7)34/h8-19,26,31,34-35H,20-21H2,1-7H3,(H,32,33)/b9-8+,14-10+,16-11+,19-18+,22-12+,23-13+,24-15+,25-17+. The molecule has 0 bridgehead atoms. The summed E-state index contributed by atoms with van der Waals surface area (Å²) < 4.78 is 0. The maximum atomic E-state index is 11.3. The van der Waals surface area contributed by atoms with Gasteiger partial charge in [0.2, 0.25) is 0 Å². The number of aliphatic hydroxyl groups is 3. The highest BCUT2D eigenvalue weighted by atomic mass is 16.4. The molecule has 0 aromatic carbocycles. The number of hydrogen-bond donors (Lipinski definition) is 4. The fraction of sp³-hybridized carbons (Fsp3) is 0.433. The van der Waals surface area contributed by atoms with Crippen molar-refractivity contribution in [2.75, 3.05) is 0 Å². The number of carboxylic acids is 1. The summed E-state index contributed by atoms with van der Waals surface area (Å²) >= 11 is 0. The monoisotopic (exact) mass is 482 g/mol. The topological polar surface area (TPSA) is 98.0 Å². The largest absolute Gasteiger partial charge is 0.478 e. The molecule has 0 saturated heterocycles. The van der Waals surface area contributed by atoms with Gasteiger partial charge in [0.15, 0.2) is 0 Å². The number of aliphatic carboxylic acids is 1. The van der Waals surface area contributed by atoms with Gasteiger partial charge in [-0.05, 0) is 47.1 Å². The van der Waals surface area contributed by atoms with Crippen LogP contribution in [0.15, 0.2) is 95.2 Å². The van der Waals surface area contributed by atoms with Crippen LogP contribution in [-0.2, 0) is 4.79 Å². The fourth-order valence-corrected chi connectivity index (χ4v) is 4.17. The third kappa shape index (κ3) is 9.10. The van der Waals surface area contributed by atoms with Crippen LogP contribution in [0.4, 0.5) is 0 Å². The summed E-state index contributed by atoms with van der Waals surface area (Å²) in [5.74, 6) is -0.926. The third-order valence-electron chi connectivity index (χ3n) is 6.41. The predicted molar refractivity (Wildman–Crippen MR) is 144 cm³/mol. The van der Waals surface area contributed by atoms with Crippen LogP contribution in [-0.4, -0.2) is 43.7 Å². The summed E-state index contributed by atoms with van der Waals surface area (Å²) in [4.78, 5) is 10.8. The minimum Gasteiger partial charge on any atom is -0.478 e. The Labute approximate surface area is 210 Å². The first kappa shape index (κ1) is 30.3. The van der Waals surface area contributed by atoms with Crippen LogP contribution in [0.2, 0.25) is 0 Å². The van der Waals surface area contributed by atoms with Gasteiger partial charge in [0.25, 0.3) is 0 Å². The second-order valence-corrected chi connectivity index (χ2v) is 10.3. The second kappa shape index (κ2) is 12.8. The summed E-state index contributed by atoms with van der Waals surface area (Å²) in [6.45, 7) is 12.7. The molecule has 0 amide bonds. The van der Waals surface area contributed by atoms with E-state index in [9.17, 15) is 20.1 Å². The molecule has 0 aromatic heterocycles. The average molecular weight is 483 g/mol. The molecule has 0 aliphatic heterocycles. The van der Waals surface area contributed by atoms with Crippen LogP contribution in [0.1, 0.15) is 61.3 Å². The first-order valence-corrected chi connectivity index (χ1v) is 11.9. The van der Waals surface area contributed by atoms with E-state index < -0.39 is 28.7 Å². The Bertz CT molecular complexity index is 976. The highest BCUT2D eigenvalue weighted by Crippen LogP contribution is 2.50. The molecule has 1 aliphatic rings. The van der Waals surface area contributed by atoms with Gasteiger partial charge >= 0.3 is 5.97 Å². The van der Waals surface area contributed by atoms with E-state index in [1.807, 2.05) is 89.3 Å². The van der Waals surface area contributed by atoms with Gasteiger partial charge < -0.3 is 20.4 Å². The summed E-state index contributed by atoms with van der Waals surface area (Å²) in [6, 6.07) is 0. The van der Waals surface area contributed by atoms with Crippen molar-refractivity contribution in [3.63, 3.8) is 0 Å². The molecular weight excluding hydrogens is 440 g/mol. The Balaban J connectivity index is 2.78. The van der Waals surface area contributed by atoms with Gasteiger partial charge in [-0.3, -0.25) is 0 Å². The van der Waals surface area contributed by atoms with Crippen LogP contribution in [0.5, 0.6) is 0 Å². The number of allylic oxidation sites excluding steroid dienone is 14. The smallest absolute Gasteiger partial charge is 0.331 e. The molecule has 1 aliphatic carbocycles. The third-order valence-corrected chi connectivity index (χ3v) is 6.41. The van der Waals surface area contributed by atoms with Gasteiger partial charge in [-0.2, -0.15) is 0 Å². The lowest BCUT2D eigenvalue weighted by Gasteiger charge is -2.54.